The Morgan fingerprint density at radius 3 is 3.00 bits per heavy atom. The standard InChI is InChI=1S/C16H17N3OS/c17-15(21)12-4-1-5-14(12)19-16(20)11-6-7-13-10(9-11)3-2-8-18-13/h2-3,6-9,12,14H,1,4-5H2,(H2,17,21)(H,19,20). The van der Waals surface area contributed by atoms with Crippen LogP contribution in [0.2, 0.25) is 0 Å². The minimum atomic E-state index is -0.0751. The fraction of sp³-hybridized carbons (Fsp3) is 0.312. The predicted octanol–water partition coefficient (Wildman–Crippen LogP) is 2.42. The minimum Gasteiger partial charge on any atom is -0.393 e. The van der Waals surface area contributed by atoms with Crippen molar-refractivity contribution < 1.29 is 4.79 Å². The topological polar surface area (TPSA) is 68.0 Å². The first-order chi connectivity index (χ1) is 10.1. The van der Waals surface area contributed by atoms with Crippen molar-refractivity contribution in [3.05, 3.63) is 42.1 Å². The summed E-state index contributed by atoms with van der Waals surface area (Å²) in [6.45, 7) is 0. The Labute approximate surface area is 128 Å². The molecule has 3 rings (SSSR count). The Kier molecular flexibility index (Phi) is 3.84. The molecule has 108 valence electrons. The molecule has 0 radical (unpaired) electrons. The molecule has 0 spiro atoms. The van der Waals surface area contributed by atoms with E-state index in [1.165, 1.54) is 0 Å². The average molecular weight is 299 g/mol. The number of thiocarbonyl (C=S) groups is 1. The van der Waals surface area contributed by atoms with Gasteiger partial charge in [-0.3, -0.25) is 9.78 Å². The Morgan fingerprint density at radius 1 is 1.33 bits per heavy atom. The summed E-state index contributed by atoms with van der Waals surface area (Å²) in [5.41, 5.74) is 7.28. The Morgan fingerprint density at radius 2 is 2.19 bits per heavy atom. The molecule has 4 nitrogen and oxygen atoms in total. The second-order valence-electron chi connectivity index (χ2n) is 5.43. The van der Waals surface area contributed by atoms with Crippen LogP contribution in [0.4, 0.5) is 0 Å². The number of nitrogens with two attached hydrogens (primary N) is 1. The molecule has 1 amide bonds. The number of pyridine rings is 1. The summed E-state index contributed by atoms with van der Waals surface area (Å²) >= 11 is 5.08. The van der Waals surface area contributed by atoms with E-state index in [4.69, 9.17) is 18.0 Å². The molecule has 2 unspecified atom stereocenters. The second-order valence-corrected chi connectivity index (χ2v) is 5.90. The van der Waals surface area contributed by atoms with Crippen LogP contribution in [0.15, 0.2) is 36.5 Å². The van der Waals surface area contributed by atoms with Crippen LogP contribution in [-0.4, -0.2) is 21.9 Å². The van der Waals surface area contributed by atoms with Crippen molar-refractivity contribution in [3.63, 3.8) is 0 Å². The van der Waals surface area contributed by atoms with Crippen LogP contribution in [0.25, 0.3) is 10.9 Å². The number of benzene rings is 1. The molecule has 1 aromatic heterocycles. The largest absolute Gasteiger partial charge is 0.393 e. The summed E-state index contributed by atoms with van der Waals surface area (Å²) in [5, 5.41) is 4.03. The van der Waals surface area contributed by atoms with Crippen LogP contribution >= 0.6 is 12.2 Å². The van der Waals surface area contributed by atoms with Gasteiger partial charge in [0.15, 0.2) is 0 Å². The molecule has 2 atom stereocenters. The quantitative estimate of drug-likeness (QED) is 0.854. The maximum Gasteiger partial charge on any atom is 0.251 e. The van der Waals surface area contributed by atoms with Crippen molar-refractivity contribution in [3.8, 4) is 0 Å². The van der Waals surface area contributed by atoms with E-state index in [2.05, 4.69) is 10.3 Å². The van der Waals surface area contributed by atoms with E-state index in [-0.39, 0.29) is 17.9 Å². The first-order valence-corrected chi connectivity index (χ1v) is 7.51. The Bertz CT molecular complexity index is 701. The average Bonchev–Trinajstić information content (AvgIpc) is 2.95. The van der Waals surface area contributed by atoms with Crippen molar-refractivity contribution in [2.75, 3.05) is 0 Å². The summed E-state index contributed by atoms with van der Waals surface area (Å²) in [5.74, 6) is 0.0416. The van der Waals surface area contributed by atoms with Crippen LogP contribution in [-0.2, 0) is 0 Å². The van der Waals surface area contributed by atoms with Gasteiger partial charge in [-0.05, 0) is 37.1 Å². The fourth-order valence-corrected chi connectivity index (χ4v) is 3.22. The zero-order valence-corrected chi connectivity index (χ0v) is 12.4. The van der Waals surface area contributed by atoms with Gasteiger partial charge < -0.3 is 11.1 Å². The van der Waals surface area contributed by atoms with Crippen LogP contribution in [0.3, 0.4) is 0 Å². The van der Waals surface area contributed by atoms with E-state index in [0.717, 1.165) is 30.2 Å². The first-order valence-electron chi connectivity index (χ1n) is 7.10. The lowest BCUT2D eigenvalue weighted by molar-refractivity contribution is 0.0934. The highest BCUT2D eigenvalue weighted by molar-refractivity contribution is 7.80. The van der Waals surface area contributed by atoms with Gasteiger partial charge in [0.05, 0.1) is 10.5 Å². The molecule has 0 saturated heterocycles. The monoisotopic (exact) mass is 299 g/mol. The van der Waals surface area contributed by atoms with Crippen molar-refractivity contribution in [2.45, 2.75) is 25.3 Å². The van der Waals surface area contributed by atoms with E-state index < -0.39 is 0 Å². The highest BCUT2D eigenvalue weighted by Crippen LogP contribution is 2.26. The molecule has 21 heavy (non-hydrogen) atoms. The summed E-state index contributed by atoms with van der Waals surface area (Å²) in [6.07, 6.45) is 4.69. The number of nitrogens with one attached hydrogen (secondary N) is 1. The number of hydrogen-bond acceptors (Lipinski definition) is 3. The second kappa shape index (κ2) is 5.77. The highest BCUT2D eigenvalue weighted by atomic mass is 32.1. The maximum absolute atomic E-state index is 12.4. The fourth-order valence-electron chi connectivity index (χ4n) is 2.94. The molecule has 1 aliphatic rings. The van der Waals surface area contributed by atoms with E-state index in [1.807, 2.05) is 24.3 Å². The molecule has 1 aromatic carbocycles. The Balaban J connectivity index is 1.79. The van der Waals surface area contributed by atoms with Crippen LogP contribution in [0.5, 0.6) is 0 Å². The Hall–Kier alpha value is -2.01. The molecular formula is C16H17N3OS. The van der Waals surface area contributed by atoms with Crippen LogP contribution < -0.4 is 11.1 Å². The van der Waals surface area contributed by atoms with Crippen molar-refractivity contribution in [2.24, 2.45) is 11.7 Å². The molecule has 0 aliphatic heterocycles. The number of amides is 1. The number of carbonyl (C=O) groups excluding carboxylic acids is 1. The van der Waals surface area contributed by atoms with E-state index in [9.17, 15) is 4.79 Å². The number of carbonyl (C=O) groups is 1. The molecule has 5 heteroatoms. The van der Waals surface area contributed by atoms with Gasteiger partial charge in [-0.15, -0.1) is 0 Å². The number of nitrogens with zero attached hydrogens (tertiary/aromatic N) is 1. The number of rotatable bonds is 3. The molecular weight excluding hydrogens is 282 g/mol. The smallest absolute Gasteiger partial charge is 0.251 e. The molecule has 0 bridgehead atoms. The summed E-state index contributed by atoms with van der Waals surface area (Å²) in [7, 11) is 0. The molecule has 1 fully saturated rings. The van der Waals surface area contributed by atoms with Gasteiger partial charge in [-0.1, -0.05) is 24.7 Å². The number of fused-ring (bicyclic) bond motifs is 1. The zero-order chi connectivity index (χ0) is 14.8. The molecule has 1 aliphatic carbocycles. The number of aromatic nitrogens is 1. The van der Waals surface area contributed by atoms with Crippen molar-refractivity contribution in [1.82, 2.24) is 10.3 Å². The highest BCUT2D eigenvalue weighted by Gasteiger charge is 2.30. The first kappa shape index (κ1) is 13.9. The van der Waals surface area contributed by atoms with Gasteiger partial charge in [0.25, 0.3) is 5.91 Å². The van der Waals surface area contributed by atoms with Gasteiger partial charge in [-0.2, -0.15) is 0 Å². The number of hydrogen-bond donors (Lipinski definition) is 2. The van der Waals surface area contributed by atoms with Crippen molar-refractivity contribution in [1.29, 1.82) is 0 Å². The third-order valence-electron chi connectivity index (χ3n) is 4.06. The zero-order valence-electron chi connectivity index (χ0n) is 11.6. The van der Waals surface area contributed by atoms with E-state index in [0.29, 0.717) is 10.6 Å². The van der Waals surface area contributed by atoms with E-state index in [1.54, 1.807) is 12.3 Å². The van der Waals surface area contributed by atoms with Gasteiger partial charge >= 0.3 is 0 Å². The third kappa shape index (κ3) is 2.88. The molecule has 1 heterocycles. The predicted molar refractivity (Wildman–Crippen MR) is 87.1 cm³/mol. The molecule has 2 aromatic rings. The van der Waals surface area contributed by atoms with Crippen LogP contribution in [0.1, 0.15) is 29.6 Å². The maximum atomic E-state index is 12.4. The van der Waals surface area contributed by atoms with Gasteiger partial charge in [0.2, 0.25) is 0 Å². The summed E-state index contributed by atoms with van der Waals surface area (Å²) in [4.78, 5) is 17.2. The van der Waals surface area contributed by atoms with Gasteiger partial charge in [0, 0.05) is 29.1 Å². The SMILES string of the molecule is NC(=S)C1CCCC1NC(=O)c1ccc2ncccc2c1. The lowest BCUT2D eigenvalue weighted by Gasteiger charge is -2.20. The summed E-state index contributed by atoms with van der Waals surface area (Å²) < 4.78 is 0. The molecule has 3 N–H and O–H groups in total. The van der Waals surface area contributed by atoms with Gasteiger partial charge in [-0.25, -0.2) is 0 Å². The normalized spacial score (nSPS) is 21.3. The van der Waals surface area contributed by atoms with Crippen LogP contribution in [0, 0.1) is 5.92 Å². The van der Waals surface area contributed by atoms with E-state index >= 15 is 0 Å². The third-order valence-corrected chi connectivity index (χ3v) is 4.37. The summed E-state index contributed by atoms with van der Waals surface area (Å²) in [6, 6.07) is 9.40. The van der Waals surface area contributed by atoms with Crippen molar-refractivity contribution >= 4 is 34.0 Å². The lowest BCUT2D eigenvalue weighted by Crippen LogP contribution is -2.41. The van der Waals surface area contributed by atoms with Gasteiger partial charge in [0.1, 0.15) is 0 Å². The molecule has 1 saturated carbocycles. The lowest BCUT2D eigenvalue weighted by atomic mass is 10.0. The minimum absolute atomic E-state index is 0.0552.